The maximum atomic E-state index is 13.1. The molecule has 2 aliphatic heterocycles. The molecule has 0 bridgehead atoms. The van der Waals surface area contributed by atoms with Gasteiger partial charge in [0.25, 0.3) is 0 Å². The summed E-state index contributed by atoms with van der Waals surface area (Å²) in [5, 5.41) is 72.4. The lowest BCUT2D eigenvalue weighted by molar-refractivity contribution is -0.332. The first-order valence-corrected chi connectivity index (χ1v) is 32.1. The van der Waals surface area contributed by atoms with Crippen molar-refractivity contribution in [1.82, 2.24) is 0 Å². The van der Waals surface area contributed by atoms with Crippen LogP contribution in [0.3, 0.4) is 0 Å². The van der Waals surface area contributed by atoms with Crippen molar-refractivity contribution in [1.29, 1.82) is 0 Å². The van der Waals surface area contributed by atoms with Crippen LogP contribution < -0.4 is 0 Å². The summed E-state index contributed by atoms with van der Waals surface area (Å²) >= 11 is 0. The van der Waals surface area contributed by atoms with Crippen LogP contribution >= 0.6 is 0 Å². The van der Waals surface area contributed by atoms with E-state index in [1.807, 2.05) is 0 Å². The molecule has 0 saturated carbocycles. The Balaban J connectivity index is 1.69. The van der Waals surface area contributed by atoms with Crippen molar-refractivity contribution in [3.8, 4) is 0 Å². The van der Waals surface area contributed by atoms with E-state index in [1.165, 1.54) is 212 Å². The Morgan fingerprint density at radius 1 is 0.364 bits per heavy atom. The van der Waals surface area contributed by atoms with Crippen LogP contribution in [-0.2, 0) is 38.0 Å². The maximum Gasteiger partial charge on any atom is 0.306 e. The molecule has 2 heterocycles. The van der Waals surface area contributed by atoms with Crippen molar-refractivity contribution in [3.05, 3.63) is 0 Å². The summed E-state index contributed by atoms with van der Waals surface area (Å²) < 4.78 is 33.8. The predicted octanol–water partition coefficient (Wildman–Crippen LogP) is 11.9. The maximum absolute atomic E-state index is 13.1. The van der Waals surface area contributed by atoms with Crippen LogP contribution in [-0.4, -0.2) is 142 Å². The smallest absolute Gasteiger partial charge is 0.306 e. The Bertz CT molecular complexity index is 1340. The zero-order valence-corrected chi connectivity index (χ0v) is 49.0. The second-order valence-electron chi connectivity index (χ2n) is 23.0. The largest absolute Gasteiger partial charge is 0.462 e. The summed E-state index contributed by atoms with van der Waals surface area (Å²) in [5.74, 6) is -0.900. The highest BCUT2D eigenvalue weighted by Gasteiger charge is 2.47. The molecule has 2 saturated heterocycles. The first kappa shape index (κ1) is 71.6. The van der Waals surface area contributed by atoms with Gasteiger partial charge in [-0.2, -0.15) is 0 Å². The number of esters is 2. The second kappa shape index (κ2) is 49.1. The average Bonchev–Trinajstić information content (AvgIpc) is 3.43. The van der Waals surface area contributed by atoms with Crippen molar-refractivity contribution in [2.45, 2.75) is 357 Å². The standard InChI is InChI=1S/C62H118O15/c1-3-5-7-9-11-13-15-17-19-21-23-24-25-26-27-29-31-33-35-37-39-41-43-45-54(65)75-50(47-72-53(64)44-42-40-38-36-34-32-30-28-22-20-18-16-14-12-10-8-6-4-2)48-73-61-60(71)58(69)56(67)52(77-61)49-74-62-59(70)57(68)55(66)51(46-63)76-62/h50-52,55-63,66-71H,3-49H2,1-2H3. The van der Waals surface area contributed by atoms with Crippen molar-refractivity contribution < 1.29 is 73.8 Å². The summed E-state index contributed by atoms with van der Waals surface area (Å²) in [6.07, 6.45) is 35.5. The van der Waals surface area contributed by atoms with E-state index in [1.54, 1.807) is 0 Å². The topological polar surface area (TPSA) is 231 Å². The highest BCUT2D eigenvalue weighted by molar-refractivity contribution is 5.70. The van der Waals surface area contributed by atoms with E-state index in [9.17, 15) is 45.3 Å². The molecule has 2 rings (SSSR count). The summed E-state index contributed by atoms with van der Waals surface area (Å²) in [4.78, 5) is 26.0. The Kier molecular flexibility index (Phi) is 45.7. The van der Waals surface area contributed by atoms with Gasteiger partial charge in [-0.05, 0) is 12.8 Å². The molecule has 2 fully saturated rings. The minimum atomic E-state index is -1.76. The zero-order chi connectivity index (χ0) is 56.0. The van der Waals surface area contributed by atoms with Gasteiger partial charge >= 0.3 is 11.9 Å². The molecule has 0 radical (unpaired) electrons. The van der Waals surface area contributed by atoms with Crippen molar-refractivity contribution in [2.24, 2.45) is 0 Å². The number of carbonyl (C=O) groups excluding carboxylic acids is 2. The van der Waals surface area contributed by atoms with Gasteiger partial charge in [-0.1, -0.05) is 264 Å². The Hall–Kier alpha value is -1.50. The molecule has 0 amide bonds. The molecule has 15 nitrogen and oxygen atoms in total. The molecule has 2 aliphatic rings. The van der Waals surface area contributed by atoms with Crippen LogP contribution in [0, 0.1) is 0 Å². The number of hydrogen-bond donors (Lipinski definition) is 7. The summed E-state index contributed by atoms with van der Waals surface area (Å²) in [6, 6.07) is 0. The van der Waals surface area contributed by atoms with Crippen molar-refractivity contribution in [3.63, 3.8) is 0 Å². The van der Waals surface area contributed by atoms with E-state index in [0.717, 1.165) is 38.5 Å². The average molecular weight is 1100 g/mol. The fourth-order valence-corrected chi connectivity index (χ4v) is 10.6. The van der Waals surface area contributed by atoms with Gasteiger partial charge in [0, 0.05) is 12.8 Å². The Labute approximate surface area is 468 Å². The third kappa shape index (κ3) is 35.9. The summed E-state index contributed by atoms with van der Waals surface area (Å²) in [6.45, 7) is 2.68. The van der Waals surface area contributed by atoms with Crippen LogP contribution in [0.5, 0.6) is 0 Å². The molecule has 15 heteroatoms. The highest BCUT2D eigenvalue weighted by atomic mass is 16.7. The van der Waals surface area contributed by atoms with E-state index in [0.29, 0.717) is 12.8 Å². The minimum absolute atomic E-state index is 0.174. The molecule has 0 spiro atoms. The van der Waals surface area contributed by atoms with Crippen molar-refractivity contribution >= 4 is 11.9 Å². The van der Waals surface area contributed by atoms with E-state index >= 15 is 0 Å². The van der Waals surface area contributed by atoms with Gasteiger partial charge in [-0.3, -0.25) is 9.59 Å². The monoisotopic (exact) mass is 1100 g/mol. The number of carbonyl (C=O) groups is 2. The predicted molar refractivity (Wildman–Crippen MR) is 303 cm³/mol. The molecular formula is C62H118O15. The van der Waals surface area contributed by atoms with Crippen LogP contribution in [0.25, 0.3) is 0 Å². The molecule has 77 heavy (non-hydrogen) atoms. The lowest BCUT2D eigenvalue weighted by Gasteiger charge is -2.42. The summed E-state index contributed by atoms with van der Waals surface area (Å²) in [5.41, 5.74) is 0. The van der Waals surface area contributed by atoms with E-state index in [2.05, 4.69) is 13.8 Å². The lowest BCUT2D eigenvalue weighted by atomic mass is 9.98. The third-order valence-electron chi connectivity index (χ3n) is 15.8. The normalized spacial score (nSPS) is 24.1. The van der Waals surface area contributed by atoms with E-state index in [-0.39, 0.29) is 26.1 Å². The van der Waals surface area contributed by atoms with Crippen LogP contribution in [0.15, 0.2) is 0 Å². The molecule has 7 N–H and O–H groups in total. The molecule has 11 unspecified atom stereocenters. The van der Waals surface area contributed by atoms with Crippen LogP contribution in [0.4, 0.5) is 0 Å². The molecule has 11 atom stereocenters. The summed E-state index contributed by atoms with van der Waals surface area (Å²) in [7, 11) is 0. The van der Waals surface area contributed by atoms with E-state index in [4.69, 9.17) is 28.4 Å². The molecule has 0 aromatic carbocycles. The number of rotatable bonds is 53. The zero-order valence-electron chi connectivity index (χ0n) is 49.0. The molecule has 0 aliphatic carbocycles. The fourth-order valence-electron chi connectivity index (χ4n) is 10.6. The minimum Gasteiger partial charge on any atom is -0.462 e. The van der Waals surface area contributed by atoms with Gasteiger partial charge in [0.2, 0.25) is 0 Å². The van der Waals surface area contributed by atoms with Gasteiger partial charge in [-0.15, -0.1) is 0 Å². The van der Waals surface area contributed by atoms with Gasteiger partial charge in [0.1, 0.15) is 55.4 Å². The lowest BCUT2D eigenvalue weighted by Crippen LogP contribution is -2.61. The molecule has 0 aromatic heterocycles. The fraction of sp³-hybridized carbons (Fsp3) is 0.968. The number of unbranched alkanes of at least 4 members (excludes halogenated alkanes) is 39. The number of hydrogen-bond acceptors (Lipinski definition) is 15. The first-order chi connectivity index (χ1) is 37.5. The highest BCUT2D eigenvalue weighted by Crippen LogP contribution is 2.27. The van der Waals surface area contributed by atoms with Crippen LogP contribution in [0.2, 0.25) is 0 Å². The third-order valence-corrected chi connectivity index (χ3v) is 15.8. The van der Waals surface area contributed by atoms with E-state index < -0.39 is 92.7 Å². The number of aliphatic hydroxyl groups excluding tert-OH is 7. The van der Waals surface area contributed by atoms with Gasteiger partial charge in [0.15, 0.2) is 18.7 Å². The molecule has 0 aromatic rings. The Morgan fingerprint density at radius 3 is 1.01 bits per heavy atom. The SMILES string of the molecule is CCCCCCCCCCCCCCCCCCCCCCCCCC(=O)OC(COC(=O)CCCCCCCCCCCCCCCCCCCC)COC1OC(COC2OC(CO)C(O)C(O)C2O)C(O)C(O)C1O. The Morgan fingerprint density at radius 2 is 0.662 bits per heavy atom. The second-order valence-corrected chi connectivity index (χ2v) is 23.0. The number of aliphatic hydroxyl groups is 7. The molecule has 456 valence electrons. The number of ether oxygens (including phenoxy) is 6. The van der Waals surface area contributed by atoms with Gasteiger partial charge in [0.05, 0.1) is 19.8 Å². The first-order valence-electron chi connectivity index (χ1n) is 32.1. The van der Waals surface area contributed by atoms with Crippen molar-refractivity contribution in [2.75, 3.05) is 26.4 Å². The quantitative estimate of drug-likeness (QED) is 0.0222. The van der Waals surface area contributed by atoms with Gasteiger partial charge in [-0.25, -0.2) is 0 Å². The van der Waals surface area contributed by atoms with Crippen LogP contribution in [0.1, 0.15) is 290 Å². The van der Waals surface area contributed by atoms with Gasteiger partial charge < -0.3 is 64.2 Å². The molecular weight excluding hydrogens is 985 g/mol.